The lowest BCUT2D eigenvalue weighted by molar-refractivity contribution is -0.117. The minimum Gasteiger partial charge on any atom is -0.306 e. The maximum atomic E-state index is 11.6. The molecule has 1 aromatic heterocycles. The van der Waals surface area contributed by atoms with Gasteiger partial charge in [0.05, 0.1) is 6.04 Å². The van der Waals surface area contributed by atoms with Crippen molar-refractivity contribution in [3.8, 4) is 0 Å². The van der Waals surface area contributed by atoms with E-state index >= 15 is 0 Å². The second-order valence-electron chi connectivity index (χ2n) is 3.34. The first kappa shape index (κ1) is 10.3. The molecule has 1 amide bonds. The van der Waals surface area contributed by atoms with Crippen molar-refractivity contribution in [1.82, 2.24) is 15.3 Å². The van der Waals surface area contributed by atoms with Crippen LogP contribution in [-0.2, 0) is 4.79 Å². The lowest BCUT2D eigenvalue weighted by atomic mass is 10.2. The second-order valence-corrected chi connectivity index (χ2v) is 3.73. The molecular weight excluding hydrogens is 216 g/mol. The molecule has 1 fully saturated rings. The Morgan fingerprint density at radius 3 is 3.20 bits per heavy atom. The Kier molecular flexibility index (Phi) is 3.13. The van der Waals surface area contributed by atoms with E-state index in [0.29, 0.717) is 5.15 Å². The molecule has 2 rings (SSSR count). The third-order valence-corrected chi connectivity index (χ3v) is 2.44. The molecule has 0 spiro atoms. The maximum absolute atomic E-state index is 11.6. The van der Waals surface area contributed by atoms with E-state index in [-0.39, 0.29) is 17.9 Å². The van der Waals surface area contributed by atoms with Crippen LogP contribution in [0.1, 0.15) is 12.8 Å². The van der Waals surface area contributed by atoms with Gasteiger partial charge in [-0.2, -0.15) is 0 Å². The van der Waals surface area contributed by atoms with Gasteiger partial charge >= 0.3 is 0 Å². The molecule has 0 aromatic carbocycles. The predicted octanol–water partition coefficient (Wildman–Crippen LogP) is 0.820. The van der Waals surface area contributed by atoms with E-state index in [1.54, 1.807) is 6.07 Å². The fourth-order valence-electron chi connectivity index (χ4n) is 1.50. The van der Waals surface area contributed by atoms with Crippen LogP contribution in [0.4, 0.5) is 5.95 Å². The van der Waals surface area contributed by atoms with E-state index in [2.05, 4.69) is 20.6 Å². The normalized spacial score (nSPS) is 20.2. The van der Waals surface area contributed by atoms with Crippen LogP contribution in [0.2, 0.25) is 5.15 Å². The van der Waals surface area contributed by atoms with Gasteiger partial charge in [0.2, 0.25) is 11.9 Å². The van der Waals surface area contributed by atoms with Crippen molar-refractivity contribution in [2.75, 3.05) is 11.9 Å². The third-order valence-electron chi connectivity index (χ3n) is 2.23. The molecule has 0 saturated carbocycles. The molecule has 1 aliphatic heterocycles. The molecule has 1 aromatic rings. The number of hydrogen-bond donors (Lipinski definition) is 2. The van der Waals surface area contributed by atoms with Crippen molar-refractivity contribution < 1.29 is 4.79 Å². The largest absolute Gasteiger partial charge is 0.306 e. The number of rotatable bonds is 2. The van der Waals surface area contributed by atoms with Gasteiger partial charge in [-0.1, -0.05) is 11.6 Å². The number of nitrogens with one attached hydrogen (secondary N) is 2. The summed E-state index contributed by atoms with van der Waals surface area (Å²) in [6.45, 7) is 0.883. The standard InChI is InChI=1S/C9H11ClN4O/c10-7-3-5-12-9(13-7)14-8(15)6-2-1-4-11-6/h3,5-6,11H,1-2,4H2,(H,12,13,14,15). The van der Waals surface area contributed by atoms with E-state index in [4.69, 9.17) is 11.6 Å². The number of aromatic nitrogens is 2. The summed E-state index contributed by atoms with van der Waals surface area (Å²) in [6.07, 6.45) is 3.38. The zero-order valence-electron chi connectivity index (χ0n) is 8.03. The molecule has 1 atom stereocenters. The van der Waals surface area contributed by atoms with Gasteiger partial charge in [-0.05, 0) is 25.5 Å². The summed E-state index contributed by atoms with van der Waals surface area (Å²) in [4.78, 5) is 19.4. The average molecular weight is 227 g/mol. The first-order valence-electron chi connectivity index (χ1n) is 4.78. The molecule has 6 heteroatoms. The van der Waals surface area contributed by atoms with Crippen molar-refractivity contribution in [3.05, 3.63) is 17.4 Å². The number of carbonyl (C=O) groups is 1. The molecule has 1 saturated heterocycles. The van der Waals surface area contributed by atoms with Crippen molar-refractivity contribution in [2.24, 2.45) is 0 Å². The number of halogens is 1. The number of carbonyl (C=O) groups excluding carboxylic acids is 1. The summed E-state index contributed by atoms with van der Waals surface area (Å²) in [5.41, 5.74) is 0. The van der Waals surface area contributed by atoms with Crippen LogP contribution in [-0.4, -0.2) is 28.5 Å². The fourth-order valence-corrected chi connectivity index (χ4v) is 1.64. The minimum absolute atomic E-state index is 0.102. The minimum atomic E-state index is -0.132. The quantitative estimate of drug-likeness (QED) is 0.733. The van der Waals surface area contributed by atoms with Crippen LogP contribution in [0.15, 0.2) is 12.3 Å². The lowest BCUT2D eigenvalue weighted by Gasteiger charge is -2.09. The molecule has 1 unspecified atom stereocenters. The summed E-state index contributed by atoms with van der Waals surface area (Å²) < 4.78 is 0. The average Bonchev–Trinajstić information content (AvgIpc) is 2.70. The Labute approximate surface area is 92.3 Å². The van der Waals surface area contributed by atoms with Gasteiger partial charge in [0.15, 0.2) is 0 Å². The van der Waals surface area contributed by atoms with Crippen molar-refractivity contribution >= 4 is 23.5 Å². The Balaban J connectivity index is 1.99. The molecule has 2 N–H and O–H groups in total. The van der Waals surface area contributed by atoms with E-state index in [0.717, 1.165) is 19.4 Å². The van der Waals surface area contributed by atoms with Gasteiger partial charge < -0.3 is 5.32 Å². The SMILES string of the molecule is O=C(Nc1nccc(Cl)n1)C1CCCN1. The van der Waals surface area contributed by atoms with E-state index in [9.17, 15) is 4.79 Å². The summed E-state index contributed by atoms with van der Waals surface area (Å²) in [7, 11) is 0. The summed E-state index contributed by atoms with van der Waals surface area (Å²) in [6, 6.07) is 1.43. The lowest BCUT2D eigenvalue weighted by Crippen LogP contribution is -2.35. The topological polar surface area (TPSA) is 66.9 Å². The van der Waals surface area contributed by atoms with Crippen molar-refractivity contribution in [1.29, 1.82) is 0 Å². The van der Waals surface area contributed by atoms with Crippen LogP contribution in [0.25, 0.3) is 0 Å². The molecular formula is C9H11ClN4O. The fraction of sp³-hybridized carbons (Fsp3) is 0.444. The van der Waals surface area contributed by atoms with E-state index in [1.807, 2.05) is 0 Å². The van der Waals surface area contributed by atoms with Crippen LogP contribution in [0.5, 0.6) is 0 Å². The Bertz CT molecular complexity index is 365. The monoisotopic (exact) mass is 226 g/mol. The highest BCUT2D eigenvalue weighted by atomic mass is 35.5. The molecule has 2 heterocycles. The Morgan fingerprint density at radius 1 is 1.67 bits per heavy atom. The van der Waals surface area contributed by atoms with Gasteiger partial charge in [-0.3, -0.25) is 10.1 Å². The highest BCUT2D eigenvalue weighted by Crippen LogP contribution is 2.09. The molecule has 15 heavy (non-hydrogen) atoms. The first-order valence-corrected chi connectivity index (χ1v) is 5.16. The molecule has 0 aliphatic carbocycles. The van der Waals surface area contributed by atoms with Gasteiger partial charge in [0.25, 0.3) is 0 Å². The van der Waals surface area contributed by atoms with Crippen LogP contribution >= 0.6 is 11.6 Å². The van der Waals surface area contributed by atoms with Gasteiger partial charge in [-0.15, -0.1) is 0 Å². The molecule has 1 aliphatic rings. The summed E-state index contributed by atoms with van der Waals surface area (Å²) >= 11 is 5.67. The first-order chi connectivity index (χ1) is 7.25. The highest BCUT2D eigenvalue weighted by Gasteiger charge is 2.22. The zero-order chi connectivity index (χ0) is 10.7. The Hall–Kier alpha value is -1.20. The number of hydrogen-bond acceptors (Lipinski definition) is 4. The van der Waals surface area contributed by atoms with Crippen LogP contribution in [0, 0.1) is 0 Å². The smallest absolute Gasteiger partial charge is 0.243 e. The van der Waals surface area contributed by atoms with E-state index in [1.165, 1.54) is 6.20 Å². The van der Waals surface area contributed by atoms with Gasteiger partial charge in [0.1, 0.15) is 5.15 Å². The molecule has 0 radical (unpaired) electrons. The predicted molar refractivity (Wildman–Crippen MR) is 56.7 cm³/mol. The summed E-state index contributed by atoms with van der Waals surface area (Å²) in [5, 5.41) is 6.03. The number of nitrogens with zero attached hydrogens (tertiary/aromatic N) is 2. The van der Waals surface area contributed by atoms with Crippen LogP contribution < -0.4 is 10.6 Å². The van der Waals surface area contributed by atoms with E-state index < -0.39 is 0 Å². The number of amides is 1. The second kappa shape index (κ2) is 4.55. The molecule has 80 valence electrons. The van der Waals surface area contributed by atoms with Gasteiger partial charge in [-0.25, -0.2) is 9.97 Å². The number of anilines is 1. The van der Waals surface area contributed by atoms with Crippen LogP contribution in [0.3, 0.4) is 0 Å². The third kappa shape index (κ3) is 2.64. The molecule has 5 nitrogen and oxygen atoms in total. The highest BCUT2D eigenvalue weighted by molar-refractivity contribution is 6.29. The summed E-state index contributed by atoms with van der Waals surface area (Å²) in [5.74, 6) is 0.149. The molecule has 0 bridgehead atoms. The van der Waals surface area contributed by atoms with Crippen molar-refractivity contribution in [2.45, 2.75) is 18.9 Å². The maximum Gasteiger partial charge on any atom is 0.243 e. The van der Waals surface area contributed by atoms with Gasteiger partial charge in [0, 0.05) is 6.20 Å². The zero-order valence-corrected chi connectivity index (χ0v) is 8.79. The Morgan fingerprint density at radius 2 is 2.53 bits per heavy atom. The van der Waals surface area contributed by atoms with Crippen molar-refractivity contribution in [3.63, 3.8) is 0 Å².